The summed E-state index contributed by atoms with van der Waals surface area (Å²) < 4.78 is 0. The summed E-state index contributed by atoms with van der Waals surface area (Å²) in [4.78, 5) is 16.0. The zero-order valence-corrected chi connectivity index (χ0v) is 10.2. The molecule has 1 amide bonds. The van der Waals surface area contributed by atoms with Gasteiger partial charge in [0.05, 0.1) is 6.54 Å². The molecule has 1 fully saturated rings. The van der Waals surface area contributed by atoms with Crippen LogP contribution in [0.2, 0.25) is 0 Å². The number of amides is 1. The molecule has 0 saturated carbocycles. The summed E-state index contributed by atoms with van der Waals surface area (Å²) in [5.41, 5.74) is 5.64. The smallest absolute Gasteiger partial charge is 0.237 e. The van der Waals surface area contributed by atoms with E-state index in [0.717, 1.165) is 6.54 Å². The van der Waals surface area contributed by atoms with E-state index < -0.39 is 0 Å². The first-order valence-electron chi connectivity index (χ1n) is 5.72. The van der Waals surface area contributed by atoms with Gasteiger partial charge in [-0.1, -0.05) is 0 Å². The maximum absolute atomic E-state index is 11.9. The third-order valence-corrected chi connectivity index (χ3v) is 3.20. The first-order chi connectivity index (χ1) is 6.97. The molecule has 1 aliphatic heterocycles. The molecule has 0 aromatic heterocycles. The maximum atomic E-state index is 11.9. The fourth-order valence-electron chi connectivity index (χ4n) is 2.12. The van der Waals surface area contributed by atoms with Crippen molar-refractivity contribution in [3.8, 4) is 0 Å². The van der Waals surface area contributed by atoms with E-state index in [4.69, 9.17) is 5.73 Å². The summed E-state index contributed by atoms with van der Waals surface area (Å²) in [7, 11) is 0. The van der Waals surface area contributed by atoms with Crippen molar-refractivity contribution in [2.75, 3.05) is 19.6 Å². The van der Waals surface area contributed by atoms with Crippen molar-refractivity contribution >= 4 is 5.91 Å². The zero-order valence-electron chi connectivity index (χ0n) is 10.2. The molecule has 1 aliphatic rings. The van der Waals surface area contributed by atoms with E-state index in [1.165, 1.54) is 0 Å². The highest BCUT2D eigenvalue weighted by Gasteiger charge is 2.32. The molecular formula is C11H23N3O. The minimum Gasteiger partial charge on any atom is -0.338 e. The molecule has 0 spiro atoms. The first kappa shape index (κ1) is 12.5. The van der Waals surface area contributed by atoms with E-state index in [1.54, 1.807) is 0 Å². The molecule has 4 nitrogen and oxygen atoms in total. The van der Waals surface area contributed by atoms with Gasteiger partial charge in [-0.25, -0.2) is 0 Å². The lowest BCUT2D eigenvalue weighted by atomic mass is 10.1. The lowest BCUT2D eigenvalue weighted by Crippen LogP contribution is -2.60. The van der Waals surface area contributed by atoms with Gasteiger partial charge in [-0.3, -0.25) is 9.69 Å². The average Bonchev–Trinajstić information content (AvgIpc) is 2.19. The summed E-state index contributed by atoms with van der Waals surface area (Å²) >= 11 is 0. The van der Waals surface area contributed by atoms with E-state index >= 15 is 0 Å². The molecular weight excluding hydrogens is 190 g/mol. The van der Waals surface area contributed by atoms with Gasteiger partial charge in [0.2, 0.25) is 5.91 Å². The molecule has 0 aromatic rings. The molecule has 0 bridgehead atoms. The van der Waals surface area contributed by atoms with Gasteiger partial charge in [0.1, 0.15) is 0 Å². The Morgan fingerprint density at radius 3 is 2.53 bits per heavy atom. The maximum Gasteiger partial charge on any atom is 0.237 e. The lowest BCUT2D eigenvalue weighted by Gasteiger charge is -2.43. The Bertz CT molecular complexity index is 230. The summed E-state index contributed by atoms with van der Waals surface area (Å²) in [6.07, 6.45) is 0. The van der Waals surface area contributed by atoms with Crippen molar-refractivity contribution in [2.24, 2.45) is 5.73 Å². The summed E-state index contributed by atoms with van der Waals surface area (Å²) in [5.74, 6) is 0.225. The molecule has 0 aliphatic carbocycles. The molecule has 0 aromatic carbocycles. The lowest BCUT2D eigenvalue weighted by molar-refractivity contribution is -0.141. The highest BCUT2D eigenvalue weighted by atomic mass is 16.2. The number of rotatable bonds is 3. The number of carbonyl (C=O) groups excluding carboxylic acids is 1. The number of nitrogens with zero attached hydrogens (tertiary/aromatic N) is 2. The van der Waals surface area contributed by atoms with E-state index in [2.05, 4.69) is 32.6 Å². The Balaban J connectivity index is 2.66. The van der Waals surface area contributed by atoms with Crippen molar-refractivity contribution < 1.29 is 4.79 Å². The Morgan fingerprint density at radius 1 is 1.47 bits per heavy atom. The largest absolute Gasteiger partial charge is 0.338 e. The monoisotopic (exact) mass is 213 g/mol. The quantitative estimate of drug-likeness (QED) is 0.732. The fourth-order valence-corrected chi connectivity index (χ4v) is 2.12. The molecule has 2 atom stereocenters. The van der Waals surface area contributed by atoms with Crippen molar-refractivity contribution in [1.29, 1.82) is 0 Å². The van der Waals surface area contributed by atoms with Gasteiger partial charge < -0.3 is 10.6 Å². The molecule has 1 rings (SSSR count). The molecule has 0 radical (unpaired) electrons. The van der Waals surface area contributed by atoms with Gasteiger partial charge in [0.15, 0.2) is 0 Å². The molecule has 4 heteroatoms. The van der Waals surface area contributed by atoms with Crippen LogP contribution in [0.4, 0.5) is 0 Å². The minimum atomic E-state index is 0.225. The van der Waals surface area contributed by atoms with Gasteiger partial charge in [0.25, 0.3) is 0 Å². The van der Waals surface area contributed by atoms with E-state index in [-0.39, 0.29) is 5.91 Å². The molecule has 2 unspecified atom stereocenters. The molecule has 15 heavy (non-hydrogen) atoms. The van der Waals surface area contributed by atoms with Crippen LogP contribution < -0.4 is 5.73 Å². The Hall–Kier alpha value is -0.610. The molecule has 1 heterocycles. The van der Waals surface area contributed by atoms with Crippen LogP contribution in [0.3, 0.4) is 0 Å². The van der Waals surface area contributed by atoms with Gasteiger partial charge in [0, 0.05) is 31.2 Å². The van der Waals surface area contributed by atoms with Crippen LogP contribution in [0.25, 0.3) is 0 Å². The van der Waals surface area contributed by atoms with Crippen molar-refractivity contribution in [2.45, 2.75) is 45.8 Å². The van der Waals surface area contributed by atoms with Gasteiger partial charge in [-0.05, 0) is 27.7 Å². The Labute approximate surface area is 92.4 Å². The van der Waals surface area contributed by atoms with Crippen LogP contribution in [0.5, 0.6) is 0 Å². The van der Waals surface area contributed by atoms with E-state index in [9.17, 15) is 4.79 Å². The Morgan fingerprint density at radius 2 is 2.07 bits per heavy atom. The van der Waals surface area contributed by atoms with Crippen molar-refractivity contribution in [1.82, 2.24) is 9.80 Å². The van der Waals surface area contributed by atoms with Crippen molar-refractivity contribution in [3.63, 3.8) is 0 Å². The standard InChI is InChI=1S/C11H23N3O/c1-8(2)13-6-10(4)14(7-11(13)15)9(3)5-12/h8-10H,5-7,12H2,1-4H3. The number of hydrogen-bond acceptors (Lipinski definition) is 3. The van der Waals surface area contributed by atoms with Crippen LogP contribution in [-0.4, -0.2) is 53.5 Å². The van der Waals surface area contributed by atoms with Crippen LogP contribution >= 0.6 is 0 Å². The van der Waals surface area contributed by atoms with Crippen molar-refractivity contribution in [3.05, 3.63) is 0 Å². The SMILES string of the molecule is CC(C)N1CC(C)N(C(C)CN)CC1=O. The predicted molar refractivity (Wildman–Crippen MR) is 61.5 cm³/mol. The van der Waals surface area contributed by atoms with Gasteiger partial charge in [-0.15, -0.1) is 0 Å². The number of hydrogen-bond donors (Lipinski definition) is 1. The highest BCUT2D eigenvalue weighted by Crippen LogP contribution is 2.15. The third kappa shape index (κ3) is 2.69. The molecule has 1 saturated heterocycles. The normalized spacial score (nSPS) is 26.1. The number of piperazine rings is 1. The topological polar surface area (TPSA) is 49.6 Å². The molecule has 88 valence electrons. The summed E-state index contributed by atoms with van der Waals surface area (Å²) in [6.45, 7) is 10.3. The van der Waals surface area contributed by atoms with Gasteiger partial charge >= 0.3 is 0 Å². The van der Waals surface area contributed by atoms with E-state index in [1.807, 2.05) is 4.90 Å². The summed E-state index contributed by atoms with van der Waals surface area (Å²) in [6, 6.07) is 0.997. The second-order valence-corrected chi connectivity index (χ2v) is 4.75. The summed E-state index contributed by atoms with van der Waals surface area (Å²) in [5, 5.41) is 0. The second kappa shape index (κ2) is 4.94. The van der Waals surface area contributed by atoms with E-state index in [0.29, 0.717) is 31.2 Å². The van der Waals surface area contributed by atoms with Crippen LogP contribution in [0.15, 0.2) is 0 Å². The van der Waals surface area contributed by atoms with Crippen LogP contribution in [-0.2, 0) is 4.79 Å². The fraction of sp³-hybridized carbons (Fsp3) is 0.909. The average molecular weight is 213 g/mol. The number of carbonyl (C=O) groups is 1. The first-order valence-corrected chi connectivity index (χ1v) is 5.72. The van der Waals surface area contributed by atoms with Gasteiger partial charge in [-0.2, -0.15) is 0 Å². The zero-order chi connectivity index (χ0) is 11.6. The number of nitrogens with two attached hydrogens (primary N) is 1. The van der Waals surface area contributed by atoms with Crippen LogP contribution in [0.1, 0.15) is 27.7 Å². The highest BCUT2D eigenvalue weighted by molar-refractivity contribution is 5.79. The van der Waals surface area contributed by atoms with Crippen LogP contribution in [0, 0.1) is 0 Å². The Kier molecular flexibility index (Phi) is 4.11. The third-order valence-electron chi connectivity index (χ3n) is 3.20. The second-order valence-electron chi connectivity index (χ2n) is 4.75. The minimum absolute atomic E-state index is 0.225. The molecule has 2 N–H and O–H groups in total. The predicted octanol–water partition coefficient (Wildman–Crippen LogP) is 0.275.